The highest BCUT2D eigenvalue weighted by Gasteiger charge is 2.00. The zero-order chi connectivity index (χ0) is 7.11. The highest BCUT2D eigenvalue weighted by atomic mass is 16.5. The Morgan fingerprint density at radius 3 is 2.56 bits per heavy atom. The molecule has 2 N–H and O–H groups in total. The molecule has 0 bridgehead atoms. The maximum Gasteiger partial charge on any atom is 0.120 e. The van der Waals surface area contributed by atoms with Gasteiger partial charge in [0.05, 0.1) is 0 Å². The van der Waals surface area contributed by atoms with Gasteiger partial charge in [-0.3, -0.25) is 5.32 Å². The molecule has 3 heteroatoms. The smallest absolute Gasteiger partial charge is 0.120 e. The van der Waals surface area contributed by atoms with E-state index in [1.165, 1.54) is 0 Å². The Morgan fingerprint density at radius 1 is 1.56 bits per heavy atom. The molecule has 0 aromatic carbocycles. The average molecular weight is 132 g/mol. The zero-order valence-electron chi connectivity index (χ0n) is 6.40. The van der Waals surface area contributed by atoms with Crippen LogP contribution < -0.4 is 10.6 Å². The minimum absolute atomic E-state index is 0.153. The second-order valence-electron chi connectivity index (χ2n) is 1.84. The quantitative estimate of drug-likeness (QED) is 0.508. The van der Waals surface area contributed by atoms with Crippen LogP contribution in [0.2, 0.25) is 0 Å². The number of methoxy groups -OCH3 is 1. The predicted octanol–water partition coefficient (Wildman–Crippen LogP) is -0.212. The Bertz CT molecular complexity index is 53.0. The third-order valence-electron chi connectivity index (χ3n) is 1.11. The van der Waals surface area contributed by atoms with Crippen molar-refractivity contribution in [3.63, 3.8) is 0 Å². The van der Waals surface area contributed by atoms with E-state index in [1.54, 1.807) is 7.11 Å². The molecule has 0 aromatic rings. The average Bonchev–Trinajstić information content (AvgIpc) is 1.88. The van der Waals surface area contributed by atoms with Crippen LogP contribution in [0.3, 0.4) is 0 Å². The Balaban J connectivity index is 3.18. The van der Waals surface area contributed by atoms with Crippen LogP contribution in [0.5, 0.6) is 0 Å². The summed E-state index contributed by atoms with van der Waals surface area (Å²) in [5.41, 5.74) is 0. The summed E-state index contributed by atoms with van der Waals surface area (Å²) in [6.07, 6.45) is 0.153. The van der Waals surface area contributed by atoms with Gasteiger partial charge in [0.15, 0.2) is 0 Å². The van der Waals surface area contributed by atoms with Crippen molar-refractivity contribution in [1.82, 2.24) is 10.6 Å². The van der Waals surface area contributed by atoms with Crippen LogP contribution in [0.25, 0.3) is 0 Å². The van der Waals surface area contributed by atoms with Crippen LogP contribution in [-0.2, 0) is 4.74 Å². The molecule has 0 saturated carbocycles. The number of ether oxygens (including phenoxy) is 1. The lowest BCUT2D eigenvalue weighted by Crippen LogP contribution is -2.38. The van der Waals surface area contributed by atoms with Gasteiger partial charge in [0.25, 0.3) is 0 Å². The molecule has 0 aliphatic heterocycles. The molecule has 0 saturated heterocycles. The van der Waals surface area contributed by atoms with Crippen molar-refractivity contribution in [2.45, 2.75) is 13.2 Å². The molecule has 1 atom stereocenters. The Kier molecular flexibility index (Phi) is 5.93. The molecule has 0 aliphatic carbocycles. The highest BCUT2D eigenvalue weighted by molar-refractivity contribution is 4.53. The number of hydrogen-bond donors (Lipinski definition) is 2. The fourth-order valence-electron chi connectivity index (χ4n) is 0.652. The van der Waals surface area contributed by atoms with Crippen molar-refractivity contribution < 1.29 is 4.74 Å². The maximum atomic E-state index is 5.06. The van der Waals surface area contributed by atoms with E-state index in [1.807, 2.05) is 7.05 Å². The molecular formula is C6H16N2O. The van der Waals surface area contributed by atoms with Crippen LogP contribution in [0, 0.1) is 0 Å². The summed E-state index contributed by atoms with van der Waals surface area (Å²) in [5.74, 6) is 0. The summed E-state index contributed by atoms with van der Waals surface area (Å²) in [5, 5.41) is 6.16. The molecule has 9 heavy (non-hydrogen) atoms. The summed E-state index contributed by atoms with van der Waals surface area (Å²) in [4.78, 5) is 0. The maximum absolute atomic E-state index is 5.06. The van der Waals surface area contributed by atoms with Gasteiger partial charge in [0, 0.05) is 13.7 Å². The van der Waals surface area contributed by atoms with Crippen LogP contribution in [-0.4, -0.2) is 33.5 Å². The van der Waals surface area contributed by atoms with Gasteiger partial charge in [0.1, 0.15) is 6.23 Å². The van der Waals surface area contributed by atoms with E-state index in [0.717, 1.165) is 13.1 Å². The van der Waals surface area contributed by atoms with Gasteiger partial charge in [-0.15, -0.1) is 0 Å². The van der Waals surface area contributed by atoms with Gasteiger partial charge in [-0.25, -0.2) is 0 Å². The fraction of sp³-hybridized carbons (Fsp3) is 1.00. The first kappa shape index (κ1) is 8.88. The molecule has 0 aliphatic rings. The Hall–Kier alpha value is -0.120. The minimum atomic E-state index is 0.153. The van der Waals surface area contributed by atoms with Crippen LogP contribution >= 0.6 is 0 Å². The second kappa shape index (κ2) is 6.01. The summed E-state index contributed by atoms with van der Waals surface area (Å²) in [6.45, 7) is 3.85. The zero-order valence-corrected chi connectivity index (χ0v) is 6.40. The topological polar surface area (TPSA) is 33.3 Å². The van der Waals surface area contributed by atoms with E-state index in [9.17, 15) is 0 Å². The van der Waals surface area contributed by atoms with Gasteiger partial charge in [0.2, 0.25) is 0 Å². The summed E-state index contributed by atoms with van der Waals surface area (Å²) in [6, 6.07) is 0. The molecule has 0 fully saturated rings. The van der Waals surface area contributed by atoms with E-state index in [2.05, 4.69) is 17.6 Å². The lowest BCUT2D eigenvalue weighted by molar-refractivity contribution is 0.0769. The van der Waals surface area contributed by atoms with Crippen molar-refractivity contribution in [2.24, 2.45) is 0 Å². The van der Waals surface area contributed by atoms with Crippen molar-refractivity contribution >= 4 is 0 Å². The van der Waals surface area contributed by atoms with Crippen LogP contribution in [0.4, 0.5) is 0 Å². The van der Waals surface area contributed by atoms with Crippen molar-refractivity contribution in [1.29, 1.82) is 0 Å². The monoisotopic (exact) mass is 132 g/mol. The lowest BCUT2D eigenvalue weighted by Gasteiger charge is -2.14. The third-order valence-corrected chi connectivity index (χ3v) is 1.11. The van der Waals surface area contributed by atoms with Gasteiger partial charge in [-0.1, -0.05) is 6.92 Å². The van der Waals surface area contributed by atoms with Gasteiger partial charge < -0.3 is 10.1 Å². The molecule has 1 unspecified atom stereocenters. The van der Waals surface area contributed by atoms with E-state index in [4.69, 9.17) is 4.74 Å². The molecular weight excluding hydrogens is 116 g/mol. The Labute approximate surface area is 56.8 Å². The number of likely N-dealkylation sites (N-methyl/N-ethyl adjacent to an activating group) is 2. The van der Waals surface area contributed by atoms with Gasteiger partial charge in [-0.2, -0.15) is 0 Å². The third kappa shape index (κ3) is 4.39. The first-order valence-corrected chi connectivity index (χ1v) is 3.26. The van der Waals surface area contributed by atoms with Crippen LogP contribution in [0.1, 0.15) is 6.92 Å². The molecule has 0 rings (SSSR count). The Morgan fingerprint density at radius 2 is 2.22 bits per heavy atom. The van der Waals surface area contributed by atoms with Gasteiger partial charge >= 0.3 is 0 Å². The normalized spacial score (nSPS) is 13.7. The van der Waals surface area contributed by atoms with Crippen molar-refractivity contribution in [3.8, 4) is 0 Å². The lowest BCUT2D eigenvalue weighted by atomic mass is 10.5. The predicted molar refractivity (Wildman–Crippen MR) is 38.4 cm³/mol. The molecule has 0 amide bonds. The fourth-order valence-corrected chi connectivity index (χ4v) is 0.652. The summed E-state index contributed by atoms with van der Waals surface area (Å²) in [7, 11) is 3.61. The summed E-state index contributed by atoms with van der Waals surface area (Å²) < 4.78 is 5.06. The molecule has 0 radical (unpaired) electrons. The first-order valence-electron chi connectivity index (χ1n) is 3.26. The van der Waals surface area contributed by atoms with E-state index in [-0.39, 0.29) is 6.23 Å². The van der Waals surface area contributed by atoms with E-state index in [0.29, 0.717) is 0 Å². The SMILES string of the molecule is CCNC(CNC)OC. The molecule has 0 heterocycles. The van der Waals surface area contributed by atoms with Crippen molar-refractivity contribution in [2.75, 3.05) is 27.2 Å². The number of rotatable bonds is 5. The largest absolute Gasteiger partial charge is 0.365 e. The molecule has 0 spiro atoms. The number of nitrogens with one attached hydrogen (secondary N) is 2. The van der Waals surface area contributed by atoms with Gasteiger partial charge in [-0.05, 0) is 13.6 Å². The van der Waals surface area contributed by atoms with Crippen LogP contribution in [0.15, 0.2) is 0 Å². The molecule has 0 aromatic heterocycles. The van der Waals surface area contributed by atoms with E-state index < -0.39 is 0 Å². The highest BCUT2D eigenvalue weighted by Crippen LogP contribution is 1.79. The molecule has 56 valence electrons. The second-order valence-corrected chi connectivity index (χ2v) is 1.84. The van der Waals surface area contributed by atoms with E-state index >= 15 is 0 Å². The first-order chi connectivity index (χ1) is 4.35. The standard InChI is InChI=1S/C6H16N2O/c1-4-8-6(9-3)5-7-2/h6-8H,4-5H2,1-3H3. The van der Waals surface area contributed by atoms with Crippen molar-refractivity contribution in [3.05, 3.63) is 0 Å². The number of hydrogen-bond acceptors (Lipinski definition) is 3. The summed E-state index contributed by atoms with van der Waals surface area (Å²) >= 11 is 0. The molecule has 3 nitrogen and oxygen atoms in total. The minimum Gasteiger partial charge on any atom is -0.365 e.